The maximum absolute atomic E-state index is 10.1. The van der Waals surface area contributed by atoms with Gasteiger partial charge in [-0.15, -0.1) is 0 Å². The van der Waals surface area contributed by atoms with Gasteiger partial charge in [-0.2, -0.15) is 0 Å². The molecule has 1 heterocycles. The van der Waals surface area contributed by atoms with E-state index < -0.39 is 0 Å². The molecule has 1 unspecified atom stereocenters. The Morgan fingerprint density at radius 2 is 2.00 bits per heavy atom. The molecule has 138 valence electrons. The third-order valence-corrected chi connectivity index (χ3v) is 6.37. The Kier molecular flexibility index (Phi) is 4.89. The molecule has 0 bridgehead atoms. The van der Waals surface area contributed by atoms with Crippen molar-refractivity contribution in [3.8, 4) is 11.5 Å². The molecular formula is C22H32O3. The summed E-state index contributed by atoms with van der Waals surface area (Å²) in [6, 6.07) is 3.77. The molecule has 3 rings (SSSR count). The zero-order valence-corrected chi connectivity index (χ0v) is 16.0. The quantitative estimate of drug-likeness (QED) is 0.801. The van der Waals surface area contributed by atoms with Gasteiger partial charge in [0, 0.05) is 6.61 Å². The lowest BCUT2D eigenvalue weighted by molar-refractivity contribution is 0.0162. The first-order valence-corrected chi connectivity index (χ1v) is 9.57. The Hall–Kier alpha value is -1.48. The fraction of sp³-hybridized carbons (Fsp3) is 0.636. The summed E-state index contributed by atoms with van der Waals surface area (Å²) in [5, 5.41) is 19.9. The molecule has 0 spiro atoms. The molecule has 3 nitrogen and oxygen atoms in total. The highest BCUT2D eigenvalue weighted by Crippen LogP contribution is 2.48. The van der Waals surface area contributed by atoms with Crippen LogP contribution in [0.2, 0.25) is 0 Å². The number of hydrogen-bond acceptors (Lipinski definition) is 3. The maximum atomic E-state index is 10.1. The smallest absolute Gasteiger partial charge is 0.131 e. The fourth-order valence-electron chi connectivity index (χ4n) is 4.81. The Morgan fingerprint density at radius 3 is 2.72 bits per heavy atom. The van der Waals surface area contributed by atoms with E-state index in [2.05, 4.69) is 26.8 Å². The van der Waals surface area contributed by atoms with Gasteiger partial charge < -0.3 is 14.9 Å². The van der Waals surface area contributed by atoms with Crippen molar-refractivity contribution in [2.75, 3.05) is 6.61 Å². The molecule has 2 N–H and O–H groups in total. The average molecular weight is 344 g/mol. The molecule has 0 aromatic heterocycles. The number of benzene rings is 1. The zero-order valence-electron chi connectivity index (χ0n) is 16.0. The third kappa shape index (κ3) is 3.72. The van der Waals surface area contributed by atoms with Crippen LogP contribution >= 0.6 is 0 Å². The van der Waals surface area contributed by atoms with Crippen LogP contribution in [0.4, 0.5) is 0 Å². The van der Waals surface area contributed by atoms with E-state index in [0.717, 1.165) is 36.1 Å². The summed E-state index contributed by atoms with van der Waals surface area (Å²) in [4.78, 5) is 0. The summed E-state index contributed by atoms with van der Waals surface area (Å²) in [6.07, 6.45) is 9.62. The van der Waals surface area contributed by atoms with Gasteiger partial charge in [-0.05, 0) is 86.6 Å². The number of rotatable bonds is 4. The van der Waals surface area contributed by atoms with Crippen molar-refractivity contribution < 1.29 is 14.9 Å². The molecule has 0 saturated heterocycles. The molecule has 0 amide bonds. The minimum atomic E-state index is -0.360. The van der Waals surface area contributed by atoms with Crippen LogP contribution in [0, 0.1) is 24.2 Å². The summed E-state index contributed by atoms with van der Waals surface area (Å²) >= 11 is 0. The van der Waals surface area contributed by atoms with E-state index in [0.29, 0.717) is 11.8 Å². The molecule has 0 radical (unpaired) electrons. The molecule has 3 heteroatoms. The van der Waals surface area contributed by atoms with Gasteiger partial charge in [0.05, 0.1) is 5.56 Å². The van der Waals surface area contributed by atoms with Gasteiger partial charge in [0.15, 0.2) is 0 Å². The van der Waals surface area contributed by atoms with Gasteiger partial charge in [0.1, 0.15) is 17.1 Å². The van der Waals surface area contributed by atoms with Gasteiger partial charge in [0.2, 0.25) is 0 Å². The van der Waals surface area contributed by atoms with Crippen LogP contribution < -0.4 is 4.74 Å². The Balaban J connectivity index is 1.75. The molecule has 2 aliphatic rings. The zero-order chi connectivity index (χ0) is 18.2. The van der Waals surface area contributed by atoms with Crippen molar-refractivity contribution in [3.05, 3.63) is 29.3 Å². The monoisotopic (exact) mass is 344 g/mol. The van der Waals surface area contributed by atoms with Gasteiger partial charge in [-0.25, -0.2) is 0 Å². The lowest BCUT2D eigenvalue weighted by atomic mass is 9.62. The number of aryl methyl sites for hydroxylation is 1. The van der Waals surface area contributed by atoms with Crippen molar-refractivity contribution in [2.45, 2.75) is 65.4 Å². The van der Waals surface area contributed by atoms with Crippen molar-refractivity contribution in [3.63, 3.8) is 0 Å². The largest absolute Gasteiger partial charge is 0.507 e. The first-order valence-electron chi connectivity index (χ1n) is 9.57. The van der Waals surface area contributed by atoms with Crippen LogP contribution in [-0.4, -0.2) is 22.4 Å². The number of aromatic hydroxyl groups is 1. The number of phenols is 1. The molecule has 1 fully saturated rings. The van der Waals surface area contributed by atoms with Gasteiger partial charge in [-0.3, -0.25) is 0 Å². The van der Waals surface area contributed by atoms with Gasteiger partial charge in [0.25, 0.3) is 0 Å². The highest BCUT2D eigenvalue weighted by molar-refractivity contribution is 5.67. The lowest BCUT2D eigenvalue weighted by Crippen LogP contribution is -2.39. The van der Waals surface area contributed by atoms with E-state index >= 15 is 0 Å². The minimum Gasteiger partial charge on any atom is -0.507 e. The van der Waals surface area contributed by atoms with Crippen LogP contribution in [0.1, 0.15) is 64.0 Å². The third-order valence-electron chi connectivity index (χ3n) is 6.37. The highest BCUT2D eigenvalue weighted by Gasteiger charge is 2.40. The highest BCUT2D eigenvalue weighted by atomic mass is 16.5. The van der Waals surface area contributed by atoms with Crippen molar-refractivity contribution >= 4 is 6.08 Å². The number of hydrogen-bond donors (Lipinski definition) is 2. The first kappa shape index (κ1) is 18.3. The summed E-state index contributed by atoms with van der Waals surface area (Å²) < 4.78 is 6.30. The standard InChI is InChI=1S/C22H32O3/c1-15-12-19(24)17-7-10-22(4,25-20(17)13-15)11-8-18-16(14-23)6-5-9-21(18,2)3/h7,10,12-13,16,18,23-24H,5-6,8-9,11,14H2,1-4H3/t16?,18-,22-/m1/s1. The summed E-state index contributed by atoms with van der Waals surface area (Å²) in [7, 11) is 0. The molecule has 1 aliphatic heterocycles. The van der Waals surface area contributed by atoms with Gasteiger partial charge >= 0.3 is 0 Å². The van der Waals surface area contributed by atoms with E-state index in [-0.39, 0.29) is 23.4 Å². The molecule has 1 saturated carbocycles. The normalized spacial score (nSPS) is 30.6. The van der Waals surface area contributed by atoms with Crippen molar-refractivity contribution in [1.82, 2.24) is 0 Å². The van der Waals surface area contributed by atoms with E-state index in [4.69, 9.17) is 4.74 Å². The molecule has 1 aromatic carbocycles. The topological polar surface area (TPSA) is 49.7 Å². The van der Waals surface area contributed by atoms with Crippen LogP contribution in [0.5, 0.6) is 11.5 Å². The fourth-order valence-corrected chi connectivity index (χ4v) is 4.81. The summed E-state index contributed by atoms with van der Waals surface area (Å²) in [5.74, 6) is 1.97. The molecule has 1 aromatic rings. The van der Waals surface area contributed by atoms with E-state index in [1.165, 1.54) is 12.8 Å². The van der Waals surface area contributed by atoms with E-state index in [1.807, 2.05) is 19.1 Å². The second-order valence-corrected chi connectivity index (χ2v) is 8.91. The van der Waals surface area contributed by atoms with E-state index in [1.54, 1.807) is 6.07 Å². The van der Waals surface area contributed by atoms with Crippen molar-refractivity contribution in [2.24, 2.45) is 17.3 Å². The van der Waals surface area contributed by atoms with E-state index in [9.17, 15) is 10.2 Å². The Bertz CT molecular complexity index is 661. The number of aliphatic hydroxyl groups is 1. The summed E-state index contributed by atoms with van der Waals surface area (Å²) in [6.45, 7) is 9.06. The van der Waals surface area contributed by atoms with Crippen molar-refractivity contribution in [1.29, 1.82) is 0 Å². The van der Waals surface area contributed by atoms with Crippen LogP contribution in [0.3, 0.4) is 0 Å². The van der Waals surface area contributed by atoms with Crippen LogP contribution in [0.15, 0.2) is 18.2 Å². The Labute approximate surface area is 151 Å². The SMILES string of the molecule is Cc1cc(O)c2c(c1)O[C@@](C)(CC[C@@H]1C(CO)CCCC1(C)C)C=C2. The predicted octanol–water partition coefficient (Wildman–Crippen LogP) is 5.08. The number of aliphatic hydroxyl groups excluding tert-OH is 1. The number of fused-ring (bicyclic) bond motifs is 1. The van der Waals surface area contributed by atoms with Crippen LogP contribution in [-0.2, 0) is 0 Å². The minimum absolute atomic E-state index is 0.271. The lowest BCUT2D eigenvalue weighted by Gasteiger charge is -2.45. The molecule has 3 atom stereocenters. The molecular weight excluding hydrogens is 312 g/mol. The molecule has 1 aliphatic carbocycles. The predicted molar refractivity (Wildman–Crippen MR) is 102 cm³/mol. The Morgan fingerprint density at radius 1 is 1.24 bits per heavy atom. The maximum Gasteiger partial charge on any atom is 0.131 e. The number of ether oxygens (including phenoxy) is 1. The summed E-state index contributed by atoms with van der Waals surface area (Å²) in [5.41, 5.74) is 1.69. The second kappa shape index (κ2) is 6.68. The molecule has 25 heavy (non-hydrogen) atoms. The first-order chi connectivity index (χ1) is 11.7. The van der Waals surface area contributed by atoms with Gasteiger partial charge in [-0.1, -0.05) is 20.3 Å². The number of phenolic OH excluding ortho intramolecular Hbond substituents is 1. The average Bonchev–Trinajstić information content (AvgIpc) is 2.52. The second-order valence-electron chi connectivity index (χ2n) is 8.91. The van der Waals surface area contributed by atoms with Crippen LogP contribution in [0.25, 0.3) is 6.08 Å².